The summed E-state index contributed by atoms with van der Waals surface area (Å²) in [4.78, 5) is 22.8. The van der Waals surface area contributed by atoms with Gasteiger partial charge in [-0.25, -0.2) is 0 Å². The molecule has 2 aromatic carbocycles. The van der Waals surface area contributed by atoms with Gasteiger partial charge in [0.15, 0.2) is 5.43 Å². The molecule has 1 aromatic heterocycles. The highest BCUT2D eigenvalue weighted by molar-refractivity contribution is 5.80. The second-order valence-electron chi connectivity index (χ2n) is 5.10. The number of nitro groups is 1. The highest BCUT2D eigenvalue weighted by atomic mass is 16.6. The van der Waals surface area contributed by atoms with Gasteiger partial charge in [0.2, 0.25) is 0 Å². The summed E-state index contributed by atoms with van der Waals surface area (Å²) < 4.78 is 10.9. The number of rotatable bonds is 3. The molecule has 0 spiro atoms. The molecule has 23 heavy (non-hydrogen) atoms. The first kappa shape index (κ1) is 14.8. The Hall–Kier alpha value is -3.15. The summed E-state index contributed by atoms with van der Waals surface area (Å²) in [6.07, 6.45) is 0. The number of aryl methyl sites for hydroxylation is 1. The van der Waals surface area contributed by atoms with Crippen LogP contribution in [-0.4, -0.2) is 12.0 Å². The average molecular weight is 311 g/mol. The Morgan fingerprint density at radius 2 is 1.91 bits per heavy atom. The maximum Gasteiger partial charge on any atom is 0.273 e. The van der Waals surface area contributed by atoms with Crippen LogP contribution in [0.3, 0.4) is 0 Å². The number of methoxy groups -OCH3 is 1. The van der Waals surface area contributed by atoms with Crippen LogP contribution in [0.1, 0.15) is 5.56 Å². The summed E-state index contributed by atoms with van der Waals surface area (Å²) >= 11 is 0. The average Bonchev–Trinajstić information content (AvgIpc) is 2.54. The van der Waals surface area contributed by atoms with E-state index in [0.717, 1.165) is 0 Å². The number of nitrogens with zero attached hydrogens (tertiary/aromatic N) is 1. The molecule has 1 heterocycles. The molecule has 0 atom stereocenters. The number of benzene rings is 2. The molecular formula is C17H13NO5. The van der Waals surface area contributed by atoms with Crippen molar-refractivity contribution in [3.05, 3.63) is 68.4 Å². The Bertz CT molecular complexity index is 974. The number of ether oxygens (including phenoxy) is 1. The fourth-order valence-corrected chi connectivity index (χ4v) is 2.36. The summed E-state index contributed by atoms with van der Waals surface area (Å²) in [6, 6.07) is 11.0. The minimum atomic E-state index is -0.457. The van der Waals surface area contributed by atoms with Gasteiger partial charge in [-0.3, -0.25) is 14.9 Å². The van der Waals surface area contributed by atoms with Crippen LogP contribution in [0.4, 0.5) is 5.69 Å². The molecule has 6 nitrogen and oxygen atoms in total. The molecule has 0 saturated carbocycles. The first-order valence-electron chi connectivity index (χ1n) is 6.87. The Kier molecular flexibility index (Phi) is 3.57. The van der Waals surface area contributed by atoms with Gasteiger partial charge in [0.1, 0.15) is 17.1 Å². The lowest BCUT2D eigenvalue weighted by Gasteiger charge is -2.06. The minimum absolute atomic E-state index is 0.0177. The van der Waals surface area contributed by atoms with Crippen molar-refractivity contribution < 1.29 is 14.1 Å². The zero-order valence-electron chi connectivity index (χ0n) is 12.5. The van der Waals surface area contributed by atoms with Crippen molar-refractivity contribution >= 4 is 16.7 Å². The van der Waals surface area contributed by atoms with Gasteiger partial charge in [-0.2, -0.15) is 0 Å². The Morgan fingerprint density at radius 1 is 1.13 bits per heavy atom. The predicted molar refractivity (Wildman–Crippen MR) is 85.9 cm³/mol. The predicted octanol–water partition coefficient (Wildman–Crippen LogP) is 3.69. The largest absolute Gasteiger partial charge is 0.497 e. The van der Waals surface area contributed by atoms with E-state index in [4.69, 9.17) is 9.15 Å². The van der Waals surface area contributed by atoms with Gasteiger partial charge in [-0.1, -0.05) is 12.1 Å². The van der Waals surface area contributed by atoms with E-state index in [9.17, 15) is 14.9 Å². The van der Waals surface area contributed by atoms with E-state index in [-0.39, 0.29) is 16.9 Å². The molecule has 0 N–H and O–H groups in total. The number of hydrogen-bond acceptors (Lipinski definition) is 5. The molecule has 0 saturated heterocycles. The zero-order chi connectivity index (χ0) is 16.6. The Labute approximate surface area is 131 Å². The topological polar surface area (TPSA) is 82.6 Å². The van der Waals surface area contributed by atoms with Gasteiger partial charge in [0.25, 0.3) is 5.69 Å². The maximum atomic E-state index is 12.2. The number of hydrogen-bond donors (Lipinski definition) is 0. The van der Waals surface area contributed by atoms with Gasteiger partial charge in [0, 0.05) is 29.3 Å². The van der Waals surface area contributed by atoms with Crippen LogP contribution in [0, 0.1) is 17.0 Å². The van der Waals surface area contributed by atoms with E-state index in [1.807, 2.05) is 0 Å². The first-order chi connectivity index (χ1) is 11.0. The summed E-state index contributed by atoms with van der Waals surface area (Å²) in [5, 5.41) is 11.5. The molecule has 0 unspecified atom stereocenters. The second kappa shape index (κ2) is 5.57. The molecule has 0 fully saturated rings. The maximum absolute atomic E-state index is 12.2. The van der Waals surface area contributed by atoms with E-state index in [2.05, 4.69) is 0 Å². The van der Waals surface area contributed by atoms with Crippen molar-refractivity contribution in [3.63, 3.8) is 0 Å². The van der Waals surface area contributed by atoms with E-state index in [1.165, 1.54) is 19.2 Å². The summed E-state index contributed by atoms with van der Waals surface area (Å²) in [7, 11) is 1.52. The van der Waals surface area contributed by atoms with Gasteiger partial charge >= 0.3 is 0 Å². The fraction of sp³-hybridized carbons (Fsp3) is 0.118. The number of nitro benzene ring substituents is 1. The van der Waals surface area contributed by atoms with Crippen molar-refractivity contribution in [2.75, 3.05) is 7.11 Å². The first-order valence-corrected chi connectivity index (χ1v) is 6.87. The lowest BCUT2D eigenvalue weighted by Crippen LogP contribution is -2.01. The molecule has 6 heteroatoms. The van der Waals surface area contributed by atoms with Crippen molar-refractivity contribution in [2.45, 2.75) is 6.92 Å². The van der Waals surface area contributed by atoms with E-state index in [0.29, 0.717) is 27.8 Å². The lowest BCUT2D eigenvalue weighted by molar-refractivity contribution is -0.385. The van der Waals surface area contributed by atoms with E-state index in [1.54, 1.807) is 37.3 Å². The summed E-state index contributed by atoms with van der Waals surface area (Å²) in [5.74, 6) is 0.839. The SMILES string of the molecule is COc1ccc2c(=O)cc(-c3ccc(C)c([N+](=O)[O-])c3)oc2c1. The van der Waals surface area contributed by atoms with Crippen molar-refractivity contribution in [1.82, 2.24) is 0 Å². The van der Waals surface area contributed by atoms with Crippen molar-refractivity contribution in [2.24, 2.45) is 0 Å². The van der Waals surface area contributed by atoms with Crippen LogP contribution in [0.25, 0.3) is 22.3 Å². The van der Waals surface area contributed by atoms with Crippen LogP contribution in [0.2, 0.25) is 0 Å². The monoisotopic (exact) mass is 311 g/mol. The van der Waals surface area contributed by atoms with Crippen LogP contribution >= 0.6 is 0 Å². The fourth-order valence-electron chi connectivity index (χ4n) is 2.36. The summed E-state index contributed by atoms with van der Waals surface area (Å²) in [5.41, 5.74) is 1.16. The smallest absolute Gasteiger partial charge is 0.273 e. The van der Waals surface area contributed by atoms with E-state index >= 15 is 0 Å². The molecule has 0 aliphatic heterocycles. The molecular weight excluding hydrogens is 298 g/mol. The molecule has 3 aromatic rings. The highest BCUT2D eigenvalue weighted by Crippen LogP contribution is 2.28. The normalized spacial score (nSPS) is 10.7. The number of fused-ring (bicyclic) bond motifs is 1. The van der Waals surface area contributed by atoms with Crippen LogP contribution < -0.4 is 10.2 Å². The molecule has 0 radical (unpaired) electrons. The van der Waals surface area contributed by atoms with Crippen molar-refractivity contribution in [3.8, 4) is 17.1 Å². The van der Waals surface area contributed by atoms with Crippen LogP contribution in [-0.2, 0) is 0 Å². The highest BCUT2D eigenvalue weighted by Gasteiger charge is 2.14. The van der Waals surface area contributed by atoms with Crippen LogP contribution in [0.5, 0.6) is 5.75 Å². The third kappa shape index (κ3) is 2.66. The van der Waals surface area contributed by atoms with Crippen molar-refractivity contribution in [1.29, 1.82) is 0 Å². The summed E-state index contributed by atoms with van der Waals surface area (Å²) in [6.45, 7) is 1.66. The second-order valence-corrected chi connectivity index (χ2v) is 5.10. The molecule has 116 valence electrons. The van der Waals surface area contributed by atoms with E-state index < -0.39 is 4.92 Å². The zero-order valence-corrected chi connectivity index (χ0v) is 12.5. The third-order valence-electron chi connectivity index (χ3n) is 3.63. The standard InChI is InChI=1S/C17H13NO5/c1-10-3-4-11(7-14(10)18(20)21)16-9-15(19)13-6-5-12(22-2)8-17(13)23-16/h3-9H,1-2H3. The molecule has 0 bridgehead atoms. The Balaban J connectivity index is 2.22. The molecule has 0 aliphatic carbocycles. The van der Waals surface area contributed by atoms with Crippen LogP contribution in [0.15, 0.2) is 51.7 Å². The molecule has 0 aliphatic rings. The van der Waals surface area contributed by atoms with Gasteiger partial charge in [-0.05, 0) is 19.1 Å². The van der Waals surface area contributed by atoms with Gasteiger partial charge in [0.05, 0.1) is 17.4 Å². The minimum Gasteiger partial charge on any atom is -0.497 e. The molecule has 0 amide bonds. The lowest BCUT2D eigenvalue weighted by atomic mass is 10.1. The third-order valence-corrected chi connectivity index (χ3v) is 3.63. The van der Waals surface area contributed by atoms with Gasteiger partial charge < -0.3 is 9.15 Å². The molecule has 3 rings (SSSR count). The quantitative estimate of drug-likeness (QED) is 0.544. The Morgan fingerprint density at radius 3 is 2.61 bits per heavy atom. The van der Waals surface area contributed by atoms with Gasteiger partial charge in [-0.15, -0.1) is 0 Å².